The zero-order chi connectivity index (χ0) is 56.3. The van der Waals surface area contributed by atoms with Gasteiger partial charge in [0.15, 0.2) is 0 Å². The van der Waals surface area contributed by atoms with E-state index in [2.05, 4.69) is 297 Å². The molecule has 8 aromatic carbocycles. The minimum absolute atomic E-state index is 0.00777. The molecular weight excluding hydrogens is 954 g/mol. The van der Waals surface area contributed by atoms with E-state index < -0.39 is 0 Å². The van der Waals surface area contributed by atoms with Gasteiger partial charge in [-0.3, -0.25) is 0 Å². The molecule has 2 aliphatic carbocycles. The standard InChI is InChI=1S/C75H84BN3/c1-47-29-31-50(70(5,6)7)39-63(47)79-64-40-51(71(8,9)10)32-35-60(64)76-61-43-58-59(75(17,18)46-74(58,15)16)44-65(61)78(66-41-54(42-67(79)68(66)76)77(52-25-21-19-22-26-52)53-27-23-20-24-28-53)62-36-33-49(69(2,3)4)38-55(62)48-30-34-56-57(37-48)73(13,14)45-72(56,11)12/h19-44H,45-46H2,1-18H3. The Labute approximate surface area is 475 Å². The largest absolute Gasteiger partial charge is 0.311 e. The monoisotopic (exact) mass is 1040 g/mol. The first-order valence-electron chi connectivity index (χ1n) is 29.4. The molecule has 0 N–H and O–H groups in total. The lowest BCUT2D eigenvalue weighted by Gasteiger charge is -2.46. The summed E-state index contributed by atoms with van der Waals surface area (Å²) >= 11 is 0. The fraction of sp³-hybridized carbons (Fsp3) is 0.360. The van der Waals surface area contributed by atoms with E-state index in [0.29, 0.717) is 0 Å². The summed E-state index contributed by atoms with van der Waals surface area (Å²) in [7, 11) is 0. The zero-order valence-corrected chi connectivity index (χ0v) is 50.8. The number of nitrogens with zero attached hydrogens (tertiary/aromatic N) is 3. The summed E-state index contributed by atoms with van der Waals surface area (Å²) in [6.07, 6.45) is 2.21. The third-order valence-corrected chi connectivity index (χ3v) is 18.8. The van der Waals surface area contributed by atoms with E-state index in [1.807, 2.05) is 0 Å². The van der Waals surface area contributed by atoms with Crippen LogP contribution >= 0.6 is 0 Å². The Balaban J connectivity index is 1.27. The molecule has 0 unspecified atom stereocenters. The highest BCUT2D eigenvalue weighted by atomic mass is 15.2. The number of fused-ring (bicyclic) bond motifs is 6. The third-order valence-electron chi connectivity index (χ3n) is 18.8. The quantitative estimate of drug-likeness (QED) is 0.154. The van der Waals surface area contributed by atoms with Crippen molar-refractivity contribution in [3.8, 4) is 11.1 Å². The molecule has 0 fully saturated rings. The maximum Gasteiger partial charge on any atom is 0.252 e. The lowest BCUT2D eigenvalue weighted by atomic mass is 9.33. The van der Waals surface area contributed by atoms with Crippen LogP contribution in [-0.4, -0.2) is 6.71 Å². The van der Waals surface area contributed by atoms with Crippen LogP contribution < -0.4 is 31.1 Å². The minimum Gasteiger partial charge on any atom is -0.311 e. The highest BCUT2D eigenvalue weighted by Gasteiger charge is 2.49. The molecule has 2 aliphatic heterocycles. The predicted molar refractivity (Wildman–Crippen MR) is 343 cm³/mol. The fourth-order valence-electron chi connectivity index (χ4n) is 15.1. The second-order valence-electron chi connectivity index (χ2n) is 29.9. The first-order chi connectivity index (χ1) is 36.9. The first kappa shape index (κ1) is 52.9. The van der Waals surface area contributed by atoms with Crippen molar-refractivity contribution in [1.29, 1.82) is 0 Å². The summed E-state index contributed by atoms with van der Waals surface area (Å²) in [6.45, 7) is 43.2. The van der Waals surface area contributed by atoms with Gasteiger partial charge in [0.05, 0.1) is 11.4 Å². The highest BCUT2D eigenvalue weighted by molar-refractivity contribution is 7.00. The molecule has 0 amide bonds. The van der Waals surface area contributed by atoms with Gasteiger partial charge in [0, 0.05) is 45.4 Å². The van der Waals surface area contributed by atoms with Crippen molar-refractivity contribution in [2.75, 3.05) is 14.7 Å². The van der Waals surface area contributed by atoms with E-state index in [0.717, 1.165) is 29.9 Å². The summed E-state index contributed by atoms with van der Waals surface area (Å²) < 4.78 is 0. The fourth-order valence-corrected chi connectivity index (χ4v) is 15.1. The van der Waals surface area contributed by atoms with E-state index in [4.69, 9.17) is 0 Å². The Bertz CT molecular complexity index is 3720. The van der Waals surface area contributed by atoms with E-state index in [1.54, 1.807) is 0 Å². The van der Waals surface area contributed by atoms with Gasteiger partial charge < -0.3 is 14.7 Å². The van der Waals surface area contributed by atoms with E-state index >= 15 is 0 Å². The van der Waals surface area contributed by atoms with Gasteiger partial charge in [-0.1, -0.05) is 209 Å². The van der Waals surface area contributed by atoms with E-state index in [-0.39, 0.29) is 44.6 Å². The molecule has 0 radical (unpaired) electrons. The van der Waals surface area contributed by atoms with Gasteiger partial charge in [-0.15, -0.1) is 0 Å². The lowest BCUT2D eigenvalue weighted by Crippen LogP contribution is -2.61. The molecule has 8 aromatic rings. The van der Waals surface area contributed by atoms with Crippen molar-refractivity contribution in [2.45, 2.75) is 175 Å². The smallest absolute Gasteiger partial charge is 0.252 e. The van der Waals surface area contributed by atoms with Gasteiger partial charge in [-0.25, -0.2) is 0 Å². The molecule has 3 nitrogen and oxygen atoms in total. The summed E-state index contributed by atoms with van der Waals surface area (Å²) in [5.74, 6) is 0. The lowest BCUT2D eigenvalue weighted by molar-refractivity contribution is 0.403. The molecule has 0 atom stereocenters. The number of benzene rings is 8. The molecule has 402 valence electrons. The summed E-state index contributed by atoms with van der Waals surface area (Å²) in [5, 5.41) is 0. The second kappa shape index (κ2) is 17.6. The number of rotatable bonds is 6. The van der Waals surface area contributed by atoms with Crippen LogP contribution in [0.4, 0.5) is 51.2 Å². The first-order valence-corrected chi connectivity index (χ1v) is 29.4. The molecule has 0 bridgehead atoms. The van der Waals surface area contributed by atoms with Crippen LogP contribution in [0.5, 0.6) is 0 Å². The van der Waals surface area contributed by atoms with Gasteiger partial charge >= 0.3 is 0 Å². The molecule has 12 rings (SSSR count). The Morgan fingerprint density at radius 3 is 1.39 bits per heavy atom. The molecule has 0 saturated carbocycles. The molecule has 4 heteroatoms. The summed E-state index contributed by atoms with van der Waals surface area (Å²) in [4.78, 5) is 7.90. The Morgan fingerprint density at radius 1 is 0.380 bits per heavy atom. The van der Waals surface area contributed by atoms with Gasteiger partial charge in [0.1, 0.15) is 0 Å². The van der Waals surface area contributed by atoms with Gasteiger partial charge in [-0.05, 0) is 191 Å². The maximum atomic E-state index is 2.74. The number of para-hydroxylation sites is 2. The second-order valence-corrected chi connectivity index (χ2v) is 29.9. The van der Waals surface area contributed by atoms with Crippen LogP contribution in [0.3, 0.4) is 0 Å². The van der Waals surface area contributed by atoms with Gasteiger partial charge in [0.25, 0.3) is 6.71 Å². The Kier molecular flexibility index (Phi) is 11.8. The van der Waals surface area contributed by atoms with Crippen LogP contribution in [0.1, 0.15) is 175 Å². The SMILES string of the molecule is Cc1ccc(C(C)(C)C)cc1N1c2cc(C(C)(C)C)ccc2B2c3cc4c(cc3N(c3ccc(C(C)(C)C)cc3-c3ccc5c(c3)C(C)(C)CC5(C)C)c3cc(N(c5ccccc5)c5ccccc5)cc1c32)C(C)(C)CC4(C)C. The summed E-state index contributed by atoms with van der Waals surface area (Å²) in [6, 6.07) is 62.1. The van der Waals surface area contributed by atoms with Gasteiger partial charge in [0.2, 0.25) is 0 Å². The highest BCUT2D eigenvalue weighted by Crippen LogP contribution is 2.56. The van der Waals surface area contributed by atoms with Crippen molar-refractivity contribution in [2.24, 2.45) is 0 Å². The van der Waals surface area contributed by atoms with Crippen LogP contribution in [0, 0.1) is 6.92 Å². The average Bonchev–Trinajstić information content (AvgIpc) is 3.87. The van der Waals surface area contributed by atoms with E-state index in [9.17, 15) is 0 Å². The van der Waals surface area contributed by atoms with Crippen LogP contribution in [-0.2, 0) is 37.9 Å². The zero-order valence-electron chi connectivity index (χ0n) is 50.8. The Hall–Kier alpha value is -6.78. The van der Waals surface area contributed by atoms with E-state index in [1.165, 1.54) is 106 Å². The number of anilines is 9. The van der Waals surface area contributed by atoms with Crippen LogP contribution in [0.25, 0.3) is 11.1 Å². The Morgan fingerprint density at radius 2 is 0.835 bits per heavy atom. The molecular formula is C75H84BN3. The molecule has 0 aromatic heterocycles. The molecule has 79 heavy (non-hydrogen) atoms. The van der Waals surface area contributed by atoms with Crippen molar-refractivity contribution < 1.29 is 0 Å². The van der Waals surface area contributed by atoms with Crippen LogP contribution in [0.2, 0.25) is 0 Å². The van der Waals surface area contributed by atoms with Crippen molar-refractivity contribution in [3.05, 3.63) is 202 Å². The normalized spacial score (nSPS) is 17.2. The van der Waals surface area contributed by atoms with Crippen LogP contribution in [0.15, 0.2) is 158 Å². The topological polar surface area (TPSA) is 9.72 Å². The van der Waals surface area contributed by atoms with Gasteiger partial charge in [-0.2, -0.15) is 0 Å². The molecule has 0 spiro atoms. The maximum absolute atomic E-state index is 2.74. The predicted octanol–water partition coefficient (Wildman–Crippen LogP) is 19.0. The summed E-state index contributed by atoms with van der Waals surface area (Å²) in [5.41, 5.74) is 28.3. The molecule has 4 aliphatic rings. The minimum atomic E-state index is -0.0798. The van der Waals surface area contributed by atoms with Crippen molar-refractivity contribution in [1.82, 2.24) is 0 Å². The average molecular weight is 1040 g/mol. The molecule has 2 heterocycles. The molecule has 0 saturated heterocycles. The number of hydrogen-bond donors (Lipinski definition) is 0. The van der Waals surface area contributed by atoms with Crippen molar-refractivity contribution in [3.63, 3.8) is 0 Å². The third kappa shape index (κ3) is 8.60. The number of hydrogen-bond acceptors (Lipinski definition) is 3. The van der Waals surface area contributed by atoms with Crippen molar-refractivity contribution >= 4 is 74.3 Å². The number of aryl methyl sites for hydroxylation is 1.